The first-order chi connectivity index (χ1) is 4.27. The molecule has 1 saturated heterocycles. The van der Waals surface area contributed by atoms with Crippen molar-refractivity contribution >= 4 is 0 Å². The van der Waals surface area contributed by atoms with Crippen LogP contribution in [0.5, 0.6) is 0 Å². The predicted molar refractivity (Wildman–Crippen MR) is 40.2 cm³/mol. The third-order valence-electron chi connectivity index (χ3n) is 2.41. The number of nitrogens with one attached hydrogen (secondary N) is 1. The van der Waals surface area contributed by atoms with Gasteiger partial charge in [0.1, 0.15) is 0 Å². The van der Waals surface area contributed by atoms with Gasteiger partial charge in [-0.2, -0.15) is 0 Å². The summed E-state index contributed by atoms with van der Waals surface area (Å²) >= 11 is 0. The van der Waals surface area contributed by atoms with Crippen LogP contribution >= 0.6 is 0 Å². The van der Waals surface area contributed by atoms with Crippen LogP contribution in [0.1, 0.15) is 26.2 Å². The van der Waals surface area contributed by atoms with Crippen molar-refractivity contribution in [1.82, 2.24) is 5.32 Å². The second kappa shape index (κ2) is 2.70. The zero-order chi connectivity index (χ0) is 6.74. The number of piperidine rings is 1. The van der Waals surface area contributed by atoms with Gasteiger partial charge >= 0.3 is 0 Å². The number of rotatable bonds is 1. The van der Waals surface area contributed by atoms with Gasteiger partial charge in [-0.05, 0) is 37.8 Å². The lowest BCUT2D eigenvalue weighted by Crippen LogP contribution is -2.34. The molecule has 1 heteroatoms. The summed E-state index contributed by atoms with van der Waals surface area (Å²) < 4.78 is 0. The van der Waals surface area contributed by atoms with Crippen molar-refractivity contribution in [3.8, 4) is 0 Å². The zero-order valence-electron chi connectivity index (χ0n) is 6.24. The quantitative estimate of drug-likeness (QED) is 0.562. The van der Waals surface area contributed by atoms with E-state index in [-0.39, 0.29) is 0 Å². The SMILES string of the molecule is [CH2]CC1(C)CCNCC1. The minimum Gasteiger partial charge on any atom is -0.317 e. The van der Waals surface area contributed by atoms with E-state index in [0.717, 1.165) is 6.42 Å². The Morgan fingerprint density at radius 2 is 2.00 bits per heavy atom. The van der Waals surface area contributed by atoms with Crippen LogP contribution in [0.3, 0.4) is 0 Å². The molecule has 1 N–H and O–H groups in total. The van der Waals surface area contributed by atoms with Crippen molar-refractivity contribution < 1.29 is 0 Å². The van der Waals surface area contributed by atoms with Crippen LogP contribution in [-0.4, -0.2) is 13.1 Å². The van der Waals surface area contributed by atoms with Crippen LogP contribution in [0, 0.1) is 12.3 Å². The molecule has 0 bridgehead atoms. The maximum absolute atomic E-state index is 3.95. The standard InChI is InChI=1S/C8H16N/c1-3-8(2)4-6-9-7-5-8/h9H,1,3-7H2,2H3. The van der Waals surface area contributed by atoms with Crippen LogP contribution in [0.2, 0.25) is 0 Å². The van der Waals surface area contributed by atoms with E-state index in [1.165, 1.54) is 25.9 Å². The van der Waals surface area contributed by atoms with Gasteiger partial charge in [-0.15, -0.1) is 0 Å². The molecular weight excluding hydrogens is 110 g/mol. The topological polar surface area (TPSA) is 12.0 Å². The molecule has 0 aliphatic carbocycles. The largest absolute Gasteiger partial charge is 0.317 e. The number of hydrogen-bond donors (Lipinski definition) is 1. The zero-order valence-corrected chi connectivity index (χ0v) is 6.24. The van der Waals surface area contributed by atoms with E-state index in [9.17, 15) is 0 Å². The molecule has 9 heavy (non-hydrogen) atoms. The second-order valence-electron chi connectivity index (χ2n) is 3.31. The monoisotopic (exact) mass is 126 g/mol. The van der Waals surface area contributed by atoms with Gasteiger partial charge in [0, 0.05) is 0 Å². The van der Waals surface area contributed by atoms with Gasteiger partial charge in [0.15, 0.2) is 0 Å². The van der Waals surface area contributed by atoms with Crippen LogP contribution in [-0.2, 0) is 0 Å². The van der Waals surface area contributed by atoms with E-state index < -0.39 is 0 Å². The van der Waals surface area contributed by atoms with Crippen LogP contribution < -0.4 is 5.32 Å². The molecule has 0 saturated carbocycles. The third-order valence-corrected chi connectivity index (χ3v) is 2.41. The van der Waals surface area contributed by atoms with Crippen molar-refractivity contribution in [2.75, 3.05) is 13.1 Å². The summed E-state index contributed by atoms with van der Waals surface area (Å²) in [5.41, 5.74) is 0.547. The molecule has 1 fully saturated rings. The second-order valence-corrected chi connectivity index (χ2v) is 3.31. The fourth-order valence-electron chi connectivity index (χ4n) is 1.28. The van der Waals surface area contributed by atoms with Crippen molar-refractivity contribution in [1.29, 1.82) is 0 Å². The lowest BCUT2D eigenvalue weighted by molar-refractivity contribution is 0.232. The molecule has 53 valence electrons. The Hall–Kier alpha value is -0.0400. The highest BCUT2D eigenvalue weighted by Crippen LogP contribution is 2.30. The van der Waals surface area contributed by atoms with E-state index in [1.54, 1.807) is 0 Å². The first kappa shape index (κ1) is 7.07. The maximum Gasteiger partial charge on any atom is -0.00437 e. The lowest BCUT2D eigenvalue weighted by Gasteiger charge is -2.32. The first-order valence-corrected chi connectivity index (χ1v) is 3.77. The minimum absolute atomic E-state index is 0.547. The highest BCUT2D eigenvalue weighted by molar-refractivity contribution is 4.80. The molecule has 1 heterocycles. The molecule has 1 radical (unpaired) electrons. The van der Waals surface area contributed by atoms with E-state index in [4.69, 9.17) is 0 Å². The Bertz CT molecular complexity index is 82.6. The minimum atomic E-state index is 0.547. The molecule has 1 rings (SSSR count). The summed E-state index contributed by atoms with van der Waals surface area (Å²) in [6, 6.07) is 0. The Balaban J connectivity index is 2.37. The van der Waals surface area contributed by atoms with Gasteiger partial charge in [-0.25, -0.2) is 0 Å². The predicted octanol–water partition coefficient (Wildman–Crippen LogP) is 1.60. The van der Waals surface area contributed by atoms with Gasteiger partial charge < -0.3 is 5.32 Å². The van der Waals surface area contributed by atoms with E-state index in [1.807, 2.05) is 0 Å². The van der Waals surface area contributed by atoms with Crippen LogP contribution in [0.25, 0.3) is 0 Å². The van der Waals surface area contributed by atoms with Gasteiger partial charge in [-0.3, -0.25) is 0 Å². The first-order valence-electron chi connectivity index (χ1n) is 3.77. The summed E-state index contributed by atoms with van der Waals surface area (Å²) in [5.74, 6) is 0. The molecule has 0 atom stereocenters. The highest BCUT2D eigenvalue weighted by Gasteiger charge is 2.23. The fourth-order valence-corrected chi connectivity index (χ4v) is 1.28. The molecule has 1 aliphatic rings. The van der Waals surface area contributed by atoms with Crippen molar-refractivity contribution in [3.05, 3.63) is 6.92 Å². The van der Waals surface area contributed by atoms with Crippen molar-refractivity contribution in [3.63, 3.8) is 0 Å². The molecule has 0 amide bonds. The Morgan fingerprint density at radius 3 is 2.33 bits per heavy atom. The molecule has 0 aromatic carbocycles. The van der Waals surface area contributed by atoms with Gasteiger partial charge in [0.05, 0.1) is 0 Å². The summed E-state index contributed by atoms with van der Waals surface area (Å²) in [7, 11) is 0. The Kier molecular flexibility index (Phi) is 2.12. The Labute approximate surface area is 57.8 Å². The summed E-state index contributed by atoms with van der Waals surface area (Å²) in [4.78, 5) is 0. The molecule has 0 aromatic rings. The fraction of sp³-hybridized carbons (Fsp3) is 0.875. The summed E-state index contributed by atoms with van der Waals surface area (Å²) in [6.45, 7) is 8.66. The van der Waals surface area contributed by atoms with Gasteiger partial charge in [0.2, 0.25) is 0 Å². The molecule has 1 aliphatic heterocycles. The normalized spacial score (nSPS) is 26.0. The molecule has 0 unspecified atom stereocenters. The van der Waals surface area contributed by atoms with Crippen LogP contribution in [0.15, 0.2) is 0 Å². The molecule has 0 aromatic heterocycles. The van der Waals surface area contributed by atoms with Crippen molar-refractivity contribution in [2.45, 2.75) is 26.2 Å². The summed E-state index contributed by atoms with van der Waals surface area (Å²) in [5, 5.41) is 3.35. The van der Waals surface area contributed by atoms with Gasteiger partial charge in [0.25, 0.3) is 0 Å². The average Bonchev–Trinajstić information content (AvgIpc) is 1.90. The maximum atomic E-state index is 3.95. The molecular formula is C8H16N. The lowest BCUT2D eigenvalue weighted by atomic mass is 9.79. The number of hydrogen-bond acceptors (Lipinski definition) is 1. The highest BCUT2D eigenvalue weighted by atomic mass is 14.9. The van der Waals surface area contributed by atoms with E-state index >= 15 is 0 Å². The van der Waals surface area contributed by atoms with Gasteiger partial charge in [-0.1, -0.05) is 13.8 Å². The van der Waals surface area contributed by atoms with E-state index in [0.29, 0.717) is 5.41 Å². The summed E-state index contributed by atoms with van der Waals surface area (Å²) in [6.07, 6.45) is 3.70. The Morgan fingerprint density at radius 1 is 1.44 bits per heavy atom. The molecule has 0 spiro atoms. The van der Waals surface area contributed by atoms with E-state index in [2.05, 4.69) is 19.2 Å². The van der Waals surface area contributed by atoms with Crippen LogP contribution in [0.4, 0.5) is 0 Å². The average molecular weight is 126 g/mol. The van der Waals surface area contributed by atoms with Crippen molar-refractivity contribution in [2.24, 2.45) is 5.41 Å². The molecule has 1 nitrogen and oxygen atoms in total. The smallest absolute Gasteiger partial charge is 0.00437 e. The third kappa shape index (κ3) is 1.68.